The number of aromatic nitrogens is 2. The van der Waals surface area contributed by atoms with Crippen LogP contribution in [0.15, 0.2) is 36.5 Å². The fourth-order valence-electron chi connectivity index (χ4n) is 1.97. The summed E-state index contributed by atoms with van der Waals surface area (Å²) in [5.41, 5.74) is 1.90. The van der Waals surface area contributed by atoms with E-state index in [0.29, 0.717) is 18.8 Å². The molecule has 22 heavy (non-hydrogen) atoms. The lowest BCUT2D eigenvalue weighted by atomic mass is 10.2. The summed E-state index contributed by atoms with van der Waals surface area (Å²) >= 11 is 0. The molecule has 0 saturated heterocycles. The third-order valence-corrected chi connectivity index (χ3v) is 3.19. The lowest BCUT2D eigenvalue weighted by Gasteiger charge is -2.09. The van der Waals surface area contributed by atoms with E-state index in [1.54, 1.807) is 17.8 Å². The number of rotatable bonds is 7. The summed E-state index contributed by atoms with van der Waals surface area (Å²) in [6.07, 6.45) is 1.80. The first-order valence-electron chi connectivity index (χ1n) is 7.31. The van der Waals surface area contributed by atoms with Gasteiger partial charge in [0.05, 0.1) is 18.9 Å². The monoisotopic (exact) mass is 303 g/mol. The first kappa shape index (κ1) is 16.2. The van der Waals surface area contributed by atoms with Gasteiger partial charge in [-0.1, -0.05) is 18.2 Å². The summed E-state index contributed by atoms with van der Waals surface area (Å²) < 4.78 is 6.72. The Kier molecular flexibility index (Phi) is 5.68. The Bertz CT molecular complexity index is 610. The van der Waals surface area contributed by atoms with Crippen LogP contribution < -0.4 is 5.32 Å². The van der Waals surface area contributed by atoms with Crippen molar-refractivity contribution in [2.75, 3.05) is 13.2 Å². The lowest BCUT2D eigenvalue weighted by Crippen LogP contribution is -2.29. The number of aliphatic hydroxyl groups is 1. The molecule has 6 nitrogen and oxygen atoms in total. The molecule has 0 amide bonds. The maximum absolute atomic E-state index is 12.0. The Morgan fingerprint density at radius 3 is 2.77 bits per heavy atom. The van der Waals surface area contributed by atoms with Crippen molar-refractivity contribution >= 4 is 5.97 Å². The van der Waals surface area contributed by atoms with Gasteiger partial charge < -0.3 is 15.2 Å². The van der Waals surface area contributed by atoms with Crippen molar-refractivity contribution < 1.29 is 14.6 Å². The molecule has 2 N–H and O–H groups in total. The summed E-state index contributed by atoms with van der Waals surface area (Å²) in [5.74, 6) is -0.439. The van der Waals surface area contributed by atoms with Crippen molar-refractivity contribution in [3.63, 3.8) is 0 Å². The van der Waals surface area contributed by atoms with Crippen molar-refractivity contribution in [1.82, 2.24) is 15.1 Å². The fourth-order valence-corrected chi connectivity index (χ4v) is 1.97. The molecule has 0 aliphatic heterocycles. The molecule has 118 valence electrons. The summed E-state index contributed by atoms with van der Waals surface area (Å²) in [5, 5.41) is 16.6. The van der Waals surface area contributed by atoms with Gasteiger partial charge in [0.15, 0.2) is 5.69 Å². The molecule has 2 aromatic rings. The van der Waals surface area contributed by atoms with Gasteiger partial charge in [-0.25, -0.2) is 9.48 Å². The van der Waals surface area contributed by atoms with Crippen LogP contribution in [0.25, 0.3) is 5.69 Å². The quantitative estimate of drug-likeness (QED) is 0.758. The van der Waals surface area contributed by atoms with E-state index in [2.05, 4.69) is 10.4 Å². The summed E-state index contributed by atoms with van der Waals surface area (Å²) in [6.45, 7) is 4.39. The Morgan fingerprint density at radius 2 is 2.14 bits per heavy atom. The van der Waals surface area contributed by atoms with Crippen LogP contribution >= 0.6 is 0 Å². The minimum absolute atomic E-state index is 0.0293. The average Bonchev–Trinajstić information content (AvgIpc) is 2.98. The zero-order valence-corrected chi connectivity index (χ0v) is 12.8. The van der Waals surface area contributed by atoms with Crippen molar-refractivity contribution in [1.29, 1.82) is 0 Å². The minimum Gasteiger partial charge on any atom is -0.461 e. The molecule has 1 aromatic heterocycles. The van der Waals surface area contributed by atoms with Crippen LogP contribution in [0, 0.1) is 0 Å². The van der Waals surface area contributed by atoms with E-state index in [0.717, 1.165) is 11.3 Å². The standard InChI is InChI=1S/C16H21N3O3/c1-3-22-16(21)15-13(9-17-12(2)11-20)10-19(18-15)14-7-5-4-6-8-14/h4-8,10,12,17,20H,3,9,11H2,1-2H3/t12-/m0/s1. The van der Waals surface area contributed by atoms with Gasteiger partial charge in [0, 0.05) is 24.3 Å². The third-order valence-electron chi connectivity index (χ3n) is 3.19. The normalized spacial score (nSPS) is 12.1. The molecule has 0 bridgehead atoms. The van der Waals surface area contributed by atoms with Crippen LogP contribution in [0.3, 0.4) is 0 Å². The smallest absolute Gasteiger partial charge is 0.359 e. The Hall–Kier alpha value is -2.18. The number of esters is 1. The zero-order valence-electron chi connectivity index (χ0n) is 12.8. The number of carbonyl (C=O) groups excluding carboxylic acids is 1. The van der Waals surface area contributed by atoms with Gasteiger partial charge in [-0.15, -0.1) is 0 Å². The molecule has 0 aliphatic carbocycles. The molecule has 0 fully saturated rings. The first-order valence-corrected chi connectivity index (χ1v) is 7.31. The molecule has 1 heterocycles. The number of hydrogen-bond acceptors (Lipinski definition) is 5. The molecule has 6 heteroatoms. The fraction of sp³-hybridized carbons (Fsp3) is 0.375. The van der Waals surface area contributed by atoms with Gasteiger partial charge in [-0.05, 0) is 26.0 Å². The molecule has 0 saturated carbocycles. The predicted molar refractivity (Wildman–Crippen MR) is 82.9 cm³/mol. The maximum Gasteiger partial charge on any atom is 0.359 e. The Morgan fingerprint density at radius 1 is 1.41 bits per heavy atom. The SMILES string of the molecule is CCOC(=O)c1nn(-c2ccccc2)cc1CN[C@@H](C)CO. The highest BCUT2D eigenvalue weighted by Crippen LogP contribution is 2.14. The van der Waals surface area contributed by atoms with Crippen LogP contribution in [-0.2, 0) is 11.3 Å². The topological polar surface area (TPSA) is 76.4 Å². The molecular formula is C16H21N3O3. The van der Waals surface area contributed by atoms with Gasteiger partial charge in [-0.2, -0.15) is 5.10 Å². The number of aliphatic hydroxyl groups excluding tert-OH is 1. The van der Waals surface area contributed by atoms with Crippen LogP contribution in [0.5, 0.6) is 0 Å². The van der Waals surface area contributed by atoms with E-state index < -0.39 is 5.97 Å². The third kappa shape index (κ3) is 3.93. The summed E-state index contributed by atoms with van der Waals surface area (Å²) in [4.78, 5) is 12.0. The van der Waals surface area contributed by atoms with Gasteiger partial charge in [0.2, 0.25) is 0 Å². The van der Waals surface area contributed by atoms with Crippen molar-refractivity contribution in [3.8, 4) is 5.69 Å². The molecular weight excluding hydrogens is 282 g/mol. The number of nitrogens with zero attached hydrogens (tertiary/aromatic N) is 2. The van der Waals surface area contributed by atoms with Crippen LogP contribution in [0.1, 0.15) is 29.9 Å². The largest absolute Gasteiger partial charge is 0.461 e. The molecule has 0 radical (unpaired) electrons. The molecule has 0 unspecified atom stereocenters. The van der Waals surface area contributed by atoms with Crippen molar-refractivity contribution in [2.45, 2.75) is 26.4 Å². The van der Waals surface area contributed by atoms with Crippen LogP contribution in [-0.4, -0.2) is 40.1 Å². The first-order chi connectivity index (χ1) is 10.7. The van der Waals surface area contributed by atoms with Crippen molar-refractivity contribution in [3.05, 3.63) is 47.8 Å². The molecule has 0 spiro atoms. The second kappa shape index (κ2) is 7.72. The van der Waals surface area contributed by atoms with Crippen LogP contribution in [0.2, 0.25) is 0 Å². The second-order valence-electron chi connectivity index (χ2n) is 4.97. The van der Waals surface area contributed by atoms with Gasteiger partial charge in [0.25, 0.3) is 0 Å². The van der Waals surface area contributed by atoms with E-state index in [1.807, 2.05) is 37.3 Å². The van der Waals surface area contributed by atoms with E-state index in [9.17, 15) is 4.79 Å². The maximum atomic E-state index is 12.0. The minimum atomic E-state index is -0.439. The number of nitrogens with one attached hydrogen (secondary N) is 1. The van der Waals surface area contributed by atoms with E-state index in [4.69, 9.17) is 9.84 Å². The number of para-hydroxylation sites is 1. The zero-order chi connectivity index (χ0) is 15.9. The highest BCUT2D eigenvalue weighted by molar-refractivity contribution is 5.88. The van der Waals surface area contributed by atoms with E-state index in [1.165, 1.54) is 0 Å². The van der Waals surface area contributed by atoms with Gasteiger partial charge in [0.1, 0.15) is 0 Å². The molecule has 1 atom stereocenters. The van der Waals surface area contributed by atoms with Gasteiger partial charge in [-0.3, -0.25) is 0 Å². The van der Waals surface area contributed by atoms with E-state index in [-0.39, 0.29) is 12.6 Å². The van der Waals surface area contributed by atoms with Gasteiger partial charge >= 0.3 is 5.97 Å². The highest BCUT2D eigenvalue weighted by Gasteiger charge is 2.18. The molecule has 0 aliphatic rings. The number of ether oxygens (including phenoxy) is 1. The molecule has 2 rings (SSSR count). The Balaban J connectivity index is 2.28. The highest BCUT2D eigenvalue weighted by atomic mass is 16.5. The predicted octanol–water partition coefficient (Wildman–Crippen LogP) is 1.52. The van der Waals surface area contributed by atoms with Crippen LogP contribution in [0.4, 0.5) is 0 Å². The number of carbonyl (C=O) groups is 1. The second-order valence-corrected chi connectivity index (χ2v) is 4.97. The number of benzene rings is 1. The van der Waals surface area contributed by atoms with E-state index >= 15 is 0 Å². The number of hydrogen-bond donors (Lipinski definition) is 2. The summed E-state index contributed by atoms with van der Waals surface area (Å²) in [6, 6.07) is 9.50. The van der Waals surface area contributed by atoms with Crippen molar-refractivity contribution in [2.24, 2.45) is 0 Å². The average molecular weight is 303 g/mol. The summed E-state index contributed by atoms with van der Waals surface area (Å²) in [7, 11) is 0. The molecule has 1 aromatic carbocycles. The lowest BCUT2D eigenvalue weighted by molar-refractivity contribution is 0.0517. The Labute approximate surface area is 129 Å².